The SMILES string of the molecule is CC1CCN(C2CCN(C3CCCNC3)CC2)CC1. The molecule has 0 spiro atoms. The lowest BCUT2D eigenvalue weighted by atomic mass is 9.94. The zero-order chi connectivity index (χ0) is 13.1. The van der Waals surface area contributed by atoms with E-state index in [0.717, 1.165) is 18.0 Å². The van der Waals surface area contributed by atoms with Crippen LogP contribution in [0.2, 0.25) is 0 Å². The Balaban J connectivity index is 1.44. The van der Waals surface area contributed by atoms with Crippen LogP contribution in [-0.2, 0) is 0 Å². The summed E-state index contributed by atoms with van der Waals surface area (Å²) in [6.07, 6.45) is 8.45. The van der Waals surface area contributed by atoms with Gasteiger partial charge in [0, 0.05) is 18.6 Å². The standard InChI is InChI=1S/C16H31N3/c1-14-4-9-18(10-5-14)15-6-11-19(12-7-15)16-3-2-8-17-13-16/h14-17H,2-13H2,1H3. The Bertz CT molecular complexity index is 259. The van der Waals surface area contributed by atoms with Crippen molar-refractivity contribution in [3.05, 3.63) is 0 Å². The van der Waals surface area contributed by atoms with E-state index in [1.165, 1.54) is 77.8 Å². The average Bonchev–Trinajstić information content (AvgIpc) is 2.49. The van der Waals surface area contributed by atoms with Gasteiger partial charge in [-0.05, 0) is 77.2 Å². The first kappa shape index (κ1) is 13.8. The summed E-state index contributed by atoms with van der Waals surface area (Å²) >= 11 is 0. The van der Waals surface area contributed by atoms with E-state index in [1.807, 2.05) is 0 Å². The number of piperidine rings is 3. The molecule has 3 saturated heterocycles. The Morgan fingerprint density at radius 3 is 2.05 bits per heavy atom. The maximum absolute atomic E-state index is 3.56. The van der Waals surface area contributed by atoms with Gasteiger partial charge >= 0.3 is 0 Å². The fourth-order valence-corrected chi connectivity index (χ4v) is 4.15. The molecule has 0 amide bonds. The van der Waals surface area contributed by atoms with Gasteiger partial charge in [-0.15, -0.1) is 0 Å². The van der Waals surface area contributed by atoms with Crippen molar-refractivity contribution in [2.75, 3.05) is 39.3 Å². The van der Waals surface area contributed by atoms with Crippen molar-refractivity contribution in [3.63, 3.8) is 0 Å². The zero-order valence-electron chi connectivity index (χ0n) is 12.6. The molecule has 0 saturated carbocycles. The van der Waals surface area contributed by atoms with Crippen LogP contribution in [0.1, 0.15) is 45.4 Å². The van der Waals surface area contributed by atoms with E-state index < -0.39 is 0 Å². The van der Waals surface area contributed by atoms with E-state index in [9.17, 15) is 0 Å². The number of nitrogens with one attached hydrogen (secondary N) is 1. The first-order chi connectivity index (χ1) is 9.33. The van der Waals surface area contributed by atoms with Crippen LogP contribution in [0.5, 0.6) is 0 Å². The normalized spacial score (nSPS) is 33.6. The first-order valence-electron chi connectivity index (χ1n) is 8.52. The maximum Gasteiger partial charge on any atom is 0.0221 e. The lowest BCUT2D eigenvalue weighted by molar-refractivity contribution is 0.0575. The molecule has 3 aliphatic heterocycles. The largest absolute Gasteiger partial charge is 0.315 e. The fraction of sp³-hybridized carbons (Fsp3) is 1.00. The predicted molar refractivity (Wildman–Crippen MR) is 80.5 cm³/mol. The molecule has 0 aromatic carbocycles. The molecule has 110 valence electrons. The van der Waals surface area contributed by atoms with Gasteiger partial charge in [0.25, 0.3) is 0 Å². The van der Waals surface area contributed by atoms with E-state index in [-0.39, 0.29) is 0 Å². The smallest absolute Gasteiger partial charge is 0.0221 e. The third-order valence-corrected chi connectivity index (χ3v) is 5.62. The molecular formula is C16H31N3. The van der Waals surface area contributed by atoms with Crippen LogP contribution in [0.15, 0.2) is 0 Å². The van der Waals surface area contributed by atoms with Gasteiger partial charge in [0.15, 0.2) is 0 Å². The van der Waals surface area contributed by atoms with Crippen molar-refractivity contribution in [1.29, 1.82) is 0 Å². The van der Waals surface area contributed by atoms with Gasteiger partial charge in [-0.1, -0.05) is 6.92 Å². The summed E-state index contributed by atoms with van der Waals surface area (Å²) in [4.78, 5) is 5.55. The molecule has 0 bridgehead atoms. The highest BCUT2D eigenvalue weighted by Crippen LogP contribution is 2.25. The van der Waals surface area contributed by atoms with Crippen LogP contribution in [0, 0.1) is 5.92 Å². The molecule has 3 fully saturated rings. The molecule has 1 N–H and O–H groups in total. The van der Waals surface area contributed by atoms with E-state index >= 15 is 0 Å². The van der Waals surface area contributed by atoms with Crippen LogP contribution >= 0.6 is 0 Å². The first-order valence-corrected chi connectivity index (χ1v) is 8.52. The molecule has 1 atom stereocenters. The van der Waals surface area contributed by atoms with Crippen molar-refractivity contribution in [3.8, 4) is 0 Å². The quantitative estimate of drug-likeness (QED) is 0.823. The third kappa shape index (κ3) is 3.50. The summed E-state index contributed by atoms with van der Waals surface area (Å²) in [5.74, 6) is 0.963. The van der Waals surface area contributed by atoms with Crippen LogP contribution < -0.4 is 5.32 Å². The molecule has 3 rings (SSSR count). The molecule has 3 aliphatic rings. The van der Waals surface area contributed by atoms with Crippen LogP contribution in [0.25, 0.3) is 0 Å². The second-order valence-corrected chi connectivity index (χ2v) is 6.99. The Morgan fingerprint density at radius 1 is 0.789 bits per heavy atom. The minimum Gasteiger partial charge on any atom is -0.315 e. The number of likely N-dealkylation sites (tertiary alicyclic amines) is 2. The Kier molecular flexibility index (Phi) is 4.78. The molecule has 1 unspecified atom stereocenters. The summed E-state index contributed by atoms with van der Waals surface area (Å²) in [6, 6.07) is 1.72. The Hall–Kier alpha value is -0.120. The lowest BCUT2D eigenvalue weighted by Crippen LogP contribution is -2.53. The summed E-state index contributed by atoms with van der Waals surface area (Å²) < 4.78 is 0. The van der Waals surface area contributed by atoms with E-state index in [1.54, 1.807) is 0 Å². The highest BCUT2D eigenvalue weighted by atomic mass is 15.2. The summed E-state index contributed by atoms with van der Waals surface area (Å²) in [6.45, 7) is 10.3. The van der Waals surface area contributed by atoms with Gasteiger partial charge in [0.2, 0.25) is 0 Å². The van der Waals surface area contributed by atoms with Gasteiger partial charge in [-0.25, -0.2) is 0 Å². The van der Waals surface area contributed by atoms with Gasteiger partial charge < -0.3 is 10.2 Å². The average molecular weight is 265 g/mol. The van der Waals surface area contributed by atoms with Crippen molar-refractivity contribution >= 4 is 0 Å². The maximum atomic E-state index is 3.56. The van der Waals surface area contributed by atoms with Gasteiger partial charge in [0.05, 0.1) is 0 Å². The predicted octanol–water partition coefficient (Wildman–Crippen LogP) is 1.93. The number of nitrogens with zero attached hydrogens (tertiary/aromatic N) is 2. The number of rotatable bonds is 2. The minimum atomic E-state index is 0.830. The Morgan fingerprint density at radius 2 is 1.42 bits per heavy atom. The zero-order valence-corrected chi connectivity index (χ0v) is 12.6. The highest BCUT2D eigenvalue weighted by Gasteiger charge is 2.30. The number of hydrogen-bond acceptors (Lipinski definition) is 3. The van der Waals surface area contributed by atoms with Crippen molar-refractivity contribution in [1.82, 2.24) is 15.1 Å². The number of hydrogen-bond donors (Lipinski definition) is 1. The van der Waals surface area contributed by atoms with Crippen molar-refractivity contribution in [2.45, 2.75) is 57.5 Å². The van der Waals surface area contributed by atoms with Crippen molar-refractivity contribution in [2.24, 2.45) is 5.92 Å². The topological polar surface area (TPSA) is 18.5 Å². The Labute approximate surface area is 118 Å². The molecule has 3 heteroatoms. The summed E-state index contributed by atoms with van der Waals surface area (Å²) in [5, 5.41) is 3.56. The van der Waals surface area contributed by atoms with Gasteiger partial charge in [0.1, 0.15) is 0 Å². The van der Waals surface area contributed by atoms with E-state index in [0.29, 0.717) is 0 Å². The van der Waals surface area contributed by atoms with Crippen LogP contribution in [0.4, 0.5) is 0 Å². The van der Waals surface area contributed by atoms with E-state index in [2.05, 4.69) is 22.0 Å². The monoisotopic (exact) mass is 265 g/mol. The van der Waals surface area contributed by atoms with Crippen molar-refractivity contribution < 1.29 is 0 Å². The summed E-state index contributed by atoms with van der Waals surface area (Å²) in [7, 11) is 0. The molecular weight excluding hydrogens is 234 g/mol. The molecule has 0 aromatic rings. The third-order valence-electron chi connectivity index (χ3n) is 5.62. The van der Waals surface area contributed by atoms with Crippen LogP contribution in [0.3, 0.4) is 0 Å². The fourth-order valence-electron chi connectivity index (χ4n) is 4.15. The van der Waals surface area contributed by atoms with Crippen LogP contribution in [-0.4, -0.2) is 61.2 Å². The van der Waals surface area contributed by atoms with Gasteiger partial charge in [-0.3, -0.25) is 4.90 Å². The minimum absolute atomic E-state index is 0.830. The van der Waals surface area contributed by atoms with E-state index in [4.69, 9.17) is 0 Å². The molecule has 0 aliphatic carbocycles. The highest BCUT2D eigenvalue weighted by molar-refractivity contribution is 4.87. The molecule has 0 aromatic heterocycles. The lowest BCUT2D eigenvalue weighted by Gasteiger charge is -2.44. The second-order valence-electron chi connectivity index (χ2n) is 6.99. The molecule has 19 heavy (non-hydrogen) atoms. The summed E-state index contributed by atoms with van der Waals surface area (Å²) in [5.41, 5.74) is 0. The molecule has 0 radical (unpaired) electrons. The molecule has 3 nitrogen and oxygen atoms in total. The molecule has 3 heterocycles. The van der Waals surface area contributed by atoms with Gasteiger partial charge in [-0.2, -0.15) is 0 Å². The second kappa shape index (κ2) is 6.55.